The van der Waals surface area contributed by atoms with Crippen LogP contribution in [-0.4, -0.2) is 23.1 Å². The summed E-state index contributed by atoms with van der Waals surface area (Å²) in [6, 6.07) is 0. The third-order valence-corrected chi connectivity index (χ3v) is 9.13. The number of rotatable bonds is 37. The van der Waals surface area contributed by atoms with E-state index in [-0.39, 0.29) is 18.5 Å². The van der Waals surface area contributed by atoms with Gasteiger partial charge in [0.25, 0.3) is 0 Å². The molecule has 0 aromatic heterocycles. The molecular weight excluding hydrogens is 568 g/mol. The van der Waals surface area contributed by atoms with Crippen molar-refractivity contribution in [2.75, 3.05) is 0 Å². The summed E-state index contributed by atoms with van der Waals surface area (Å²) in [7, 11) is 0. The fraction of sp³-hybridized carbons (Fsp3) is 0.857. The Bertz CT molecular complexity index is 698. The van der Waals surface area contributed by atoms with Crippen molar-refractivity contribution >= 4 is 11.9 Å². The van der Waals surface area contributed by atoms with Gasteiger partial charge in [-0.1, -0.05) is 167 Å². The molecule has 0 saturated carbocycles. The highest BCUT2D eigenvalue weighted by Crippen LogP contribution is 2.16. The second-order valence-electron chi connectivity index (χ2n) is 13.8. The zero-order chi connectivity index (χ0) is 33.6. The Morgan fingerprint density at radius 2 is 0.848 bits per heavy atom. The minimum absolute atomic E-state index is 0.0630. The first-order chi connectivity index (χ1) is 22.6. The Morgan fingerprint density at radius 1 is 0.478 bits per heavy atom. The predicted molar refractivity (Wildman–Crippen MR) is 200 cm³/mol. The molecule has 0 aliphatic rings. The number of carbonyl (C=O) groups is 2. The monoisotopic (exact) mass is 647 g/mol. The van der Waals surface area contributed by atoms with Gasteiger partial charge in [0.2, 0.25) is 0 Å². The molecule has 0 heterocycles. The molecule has 0 spiro atoms. The maximum Gasteiger partial charge on any atom is 0.306 e. The zero-order valence-corrected chi connectivity index (χ0v) is 30.9. The van der Waals surface area contributed by atoms with Gasteiger partial charge in [-0.05, 0) is 70.3 Å². The molecule has 0 fully saturated rings. The number of esters is 1. The van der Waals surface area contributed by atoms with Crippen molar-refractivity contribution in [2.45, 2.75) is 232 Å². The summed E-state index contributed by atoms with van der Waals surface area (Å²) < 4.78 is 5.87. The van der Waals surface area contributed by atoms with Crippen LogP contribution < -0.4 is 0 Å². The number of carboxylic acid groups (broad SMARTS) is 1. The molecule has 0 amide bonds. The highest BCUT2D eigenvalue weighted by atomic mass is 16.5. The number of carboxylic acids is 1. The molecule has 1 atom stereocenters. The standard InChI is InChI=1S/C42H78O4/c1-3-5-7-9-11-13-14-15-16-17-18-19-20-21-22-23-24-25-27-29-35-39-42(45)46-40(37-33-30-31-34-38-41(43)44)36-32-28-26-12-10-8-6-4-2/h17-18,32,36,40H,3-16,19-31,33-35,37-39H2,1-2H3,(H,43,44)/b18-17-,36-32-. The van der Waals surface area contributed by atoms with E-state index in [9.17, 15) is 9.59 Å². The van der Waals surface area contributed by atoms with E-state index in [2.05, 4.69) is 38.2 Å². The number of hydrogen-bond acceptors (Lipinski definition) is 3. The van der Waals surface area contributed by atoms with E-state index in [0.717, 1.165) is 51.4 Å². The number of unbranched alkanes of at least 4 members (excludes halogenated alkanes) is 26. The Morgan fingerprint density at radius 3 is 1.30 bits per heavy atom. The first kappa shape index (κ1) is 44.4. The fourth-order valence-corrected chi connectivity index (χ4v) is 6.09. The lowest BCUT2D eigenvalue weighted by atomic mass is 10.0. The van der Waals surface area contributed by atoms with Gasteiger partial charge in [0.15, 0.2) is 0 Å². The van der Waals surface area contributed by atoms with Gasteiger partial charge >= 0.3 is 11.9 Å². The third-order valence-electron chi connectivity index (χ3n) is 9.13. The lowest BCUT2D eigenvalue weighted by Gasteiger charge is -2.15. The highest BCUT2D eigenvalue weighted by molar-refractivity contribution is 5.69. The SMILES string of the molecule is CCCCCCCC/C=C\C(CCCCCCC(=O)O)OC(=O)CCCCCCCCCCC/C=C\CCCCCCCCCC. The third kappa shape index (κ3) is 36.9. The van der Waals surface area contributed by atoms with E-state index >= 15 is 0 Å². The van der Waals surface area contributed by atoms with Crippen LogP contribution in [0.3, 0.4) is 0 Å². The van der Waals surface area contributed by atoms with E-state index in [1.807, 2.05) is 0 Å². The summed E-state index contributed by atoms with van der Waals surface area (Å²) in [6.45, 7) is 4.53. The molecule has 4 nitrogen and oxygen atoms in total. The van der Waals surface area contributed by atoms with Crippen LogP contribution in [0, 0.1) is 0 Å². The van der Waals surface area contributed by atoms with Gasteiger partial charge in [0.05, 0.1) is 0 Å². The molecule has 0 aromatic rings. The Balaban J connectivity index is 3.84. The number of allylic oxidation sites excluding steroid dienone is 3. The van der Waals surface area contributed by atoms with Gasteiger partial charge in [-0.2, -0.15) is 0 Å². The van der Waals surface area contributed by atoms with Gasteiger partial charge in [-0.3, -0.25) is 9.59 Å². The van der Waals surface area contributed by atoms with Crippen molar-refractivity contribution in [1.29, 1.82) is 0 Å². The van der Waals surface area contributed by atoms with Crippen LogP contribution >= 0.6 is 0 Å². The van der Waals surface area contributed by atoms with Crippen molar-refractivity contribution in [1.82, 2.24) is 0 Å². The Hall–Kier alpha value is -1.58. The lowest BCUT2D eigenvalue weighted by Crippen LogP contribution is -2.16. The molecule has 0 aliphatic carbocycles. The van der Waals surface area contributed by atoms with Crippen molar-refractivity contribution in [3.05, 3.63) is 24.3 Å². The average molecular weight is 647 g/mol. The van der Waals surface area contributed by atoms with Crippen molar-refractivity contribution < 1.29 is 19.4 Å². The zero-order valence-electron chi connectivity index (χ0n) is 30.9. The van der Waals surface area contributed by atoms with Crippen LogP contribution in [0.5, 0.6) is 0 Å². The summed E-state index contributed by atoms with van der Waals surface area (Å²) in [5, 5.41) is 8.82. The van der Waals surface area contributed by atoms with Gasteiger partial charge in [0, 0.05) is 12.8 Å². The molecule has 0 aromatic carbocycles. The molecule has 0 aliphatic heterocycles. The van der Waals surface area contributed by atoms with Crippen LogP contribution in [0.25, 0.3) is 0 Å². The summed E-state index contributed by atoms with van der Waals surface area (Å²) in [5.41, 5.74) is 0. The maximum absolute atomic E-state index is 12.6. The molecule has 0 bridgehead atoms. The molecule has 270 valence electrons. The molecular formula is C42H78O4. The van der Waals surface area contributed by atoms with Crippen LogP contribution in [0.2, 0.25) is 0 Å². The highest BCUT2D eigenvalue weighted by Gasteiger charge is 2.11. The summed E-state index contributed by atoms with van der Waals surface area (Å²) in [5.74, 6) is -0.783. The molecule has 1 N–H and O–H groups in total. The Kier molecular flexibility index (Phi) is 36.6. The average Bonchev–Trinajstić information content (AvgIpc) is 3.04. The summed E-state index contributed by atoms with van der Waals surface area (Å²) in [4.78, 5) is 23.3. The molecule has 4 heteroatoms. The second-order valence-corrected chi connectivity index (χ2v) is 13.8. The van der Waals surface area contributed by atoms with E-state index < -0.39 is 5.97 Å². The first-order valence-corrected chi connectivity index (χ1v) is 20.3. The normalized spacial score (nSPS) is 12.4. The molecule has 46 heavy (non-hydrogen) atoms. The smallest absolute Gasteiger partial charge is 0.306 e. The lowest BCUT2D eigenvalue weighted by molar-refractivity contribution is -0.147. The van der Waals surface area contributed by atoms with Crippen molar-refractivity contribution in [2.24, 2.45) is 0 Å². The number of aliphatic carboxylic acids is 1. The Labute approximate surface area is 287 Å². The number of hydrogen-bond donors (Lipinski definition) is 1. The van der Waals surface area contributed by atoms with E-state index in [0.29, 0.717) is 6.42 Å². The van der Waals surface area contributed by atoms with Gasteiger partial charge < -0.3 is 9.84 Å². The van der Waals surface area contributed by atoms with Crippen molar-refractivity contribution in [3.8, 4) is 0 Å². The molecule has 0 saturated heterocycles. The molecule has 0 rings (SSSR count). The largest absolute Gasteiger partial charge is 0.481 e. The van der Waals surface area contributed by atoms with Gasteiger partial charge in [0.1, 0.15) is 6.10 Å². The van der Waals surface area contributed by atoms with Gasteiger partial charge in [-0.25, -0.2) is 0 Å². The molecule has 0 radical (unpaired) electrons. The minimum atomic E-state index is -0.720. The van der Waals surface area contributed by atoms with Crippen molar-refractivity contribution in [3.63, 3.8) is 0 Å². The van der Waals surface area contributed by atoms with E-state index in [1.165, 1.54) is 148 Å². The predicted octanol–water partition coefficient (Wildman–Crippen LogP) is 14.0. The summed E-state index contributed by atoms with van der Waals surface area (Å²) in [6.07, 6.45) is 47.9. The first-order valence-electron chi connectivity index (χ1n) is 20.3. The van der Waals surface area contributed by atoms with Crippen LogP contribution in [0.1, 0.15) is 226 Å². The fourth-order valence-electron chi connectivity index (χ4n) is 6.09. The van der Waals surface area contributed by atoms with E-state index in [1.54, 1.807) is 0 Å². The number of ether oxygens (including phenoxy) is 1. The van der Waals surface area contributed by atoms with E-state index in [4.69, 9.17) is 9.84 Å². The molecule has 1 unspecified atom stereocenters. The quantitative estimate of drug-likeness (QED) is 0.0414. The summed E-state index contributed by atoms with van der Waals surface area (Å²) >= 11 is 0. The van der Waals surface area contributed by atoms with Gasteiger partial charge in [-0.15, -0.1) is 0 Å². The van der Waals surface area contributed by atoms with Crippen LogP contribution in [-0.2, 0) is 14.3 Å². The topological polar surface area (TPSA) is 63.6 Å². The number of carbonyl (C=O) groups excluding carboxylic acids is 1. The maximum atomic E-state index is 12.6. The second kappa shape index (κ2) is 37.9. The van der Waals surface area contributed by atoms with Crippen LogP contribution in [0.15, 0.2) is 24.3 Å². The van der Waals surface area contributed by atoms with Crippen LogP contribution in [0.4, 0.5) is 0 Å². The minimum Gasteiger partial charge on any atom is -0.481 e.